The van der Waals surface area contributed by atoms with Crippen molar-refractivity contribution in [1.29, 1.82) is 0 Å². The molecule has 2 saturated heterocycles. The maximum atomic E-state index is 10.5. The lowest BCUT2D eigenvalue weighted by atomic mass is 10.0. The third kappa shape index (κ3) is 3.81. The number of benzene rings is 1. The van der Waals surface area contributed by atoms with Crippen molar-refractivity contribution in [3.63, 3.8) is 0 Å². The number of aryl methyl sites for hydroxylation is 1. The lowest BCUT2D eigenvalue weighted by Gasteiger charge is -2.30. The molecule has 1 aromatic rings. The van der Waals surface area contributed by atoms with Gasteiger partial charge in [0.05, 0.1) is 4.90 Å². The highest BCUT2D eigenvalue weighted by Crippen LogP contribution is 2.33. The predicted molar refractivity (Wildman–Crippen MR) is 79.4 cm³/mol. The van der Waals surface area contributed by atoms with Gasteiger partial charge < -0.3 is 4.90 Å². The Labute approximate surface area is 121 Å². The van der Waals surface area contributed by atoms with Gasteiger partial charge in [-0.3, -0.25) is 4.55 Å². The summed E-state index contributed by atoms with van der Waals surface area (Å²) in [7, 11) is -1.73. The molecule has 0 aromatic heterocycles. The van der Waals surface area contributed by atoms with Crippen LogP contribution in [0.5, 0.6) is 0 Å². The van der Waals surface area contributed by atoms with Crippen LogP contribution in [0.2, 0.25) is 0 Å². The van der Waals surface area contributed by atoms with E-state index in [1.54, 1.807) is 12.1 Å². The van der Waals surface area contributed by atoms with Crippen molar-refractivity contribution in [2.75, 3.05) is 7.05 Å². The molecule has 1 N–H and O–H groups in total. The second-order valence-electron chi connectivity index (χ2n) is 5.77. The summed E-state index contributed by atoms with van der Waals surface area (Å²) in [6.07, 6.45) is 7.36. The highest BCUT2D eigenvalue weighted by molar-refractivity contribution is 7.85. The molecule has 2 unspecified atom stereocenters. The van der Waals surface area contributed by atoms with Gasteiger partial charge in [0.1, 0.15) is 0 Å². The molecule has 112 valence electrons. The van der Waals surface area contributed by atoms with E-state index < -0.39 is 10.1 Å². The van der Waals surface area contributed by atoms with Crippen LogP contribution >= 0.6 is 0 Å². The standard InChI is InChI=1S/C8H15N.C7H8O3S/c1-9-7-3-2-4-8(9)6-5-7;1-6-2-4-7(5-3-6)11(8,9)10/h7-8H,2-6H2,1H3;2-5H,1H3,(H,8,9,10). The summed E-state index contributed by atoms with van der Waals surface area (Å²) in [5.74, 6) is 0. The van der Waals surface area contributed by atoms with E-state index in [1.807, 2.05) is 6.92 Å². The minimum atomic E-state index is -4.02. The van der Waals surface area contributed by atoms with Gasteiger partial charge in [0.2, 0.25) is 0 Å². The number of rotatable bonds is 1. The van der Waals surface area contributed by atoms with Gasteiger partial charge in [-0.2, -0.15) is 8.42 Å². The van der Waals surface area contributed by atoms with Gasteiger partial charge in [0.15, 0.2) is 0 Å². The van der Waals surface area contributed by atoms with E-state index in [0.717, 1.165) is 17.6 Å². The van der Waals surface area contributed by atoms with Crippen LogP contribution in [0.4, 0.5) is 0 Å². The number of fused-ring (bicyclic) bond motifs is 2. The van der Waals surface area contributed by atoms with Crippen molar-refractivity contribution in [2.45, 2.75) is 56.0 Å². The molecule has 0 spiro atoms. The Hall–Kier alpha value is -0.910. The van der Waals surface area contributed by atoms with Crippen molar-refractivity contribution >= 4 is 10.1 Å². The summed E-state index contributed by atoms with van der Waals surface area (Å²) in [6, 6.07) is 7.91. The molecule has 5 heteroatoms. The molecule has 1 aromatic carbocycles. The second-order valence-corrected chi connectivity index (χ2v) is 7.19. The van der Waals surface area contributed by atoms with Crippen molar-refractivity contribution in [2.24, 2.45) is 0 Å². The van der Waals surface area contributed by atoms with Crippen LogP contribution < -0.4 is 0 Å². The first-order chi connectivity index (χ1) is 9.38. The summed E-state index contributed by atoms with van der Waals surface area (Å²) < 4.78 is 29.6. The molecule has 20 heavy (non-hydrogen) atoms. The van der Waals surface area contributed by atoms with Gasteiger partial charge in [0.25, 0.3) is 10.1 Å². The molecule has 2 heterocycles. The number of piperidine rings is 1. The Morgan fingerprint density at radius 3 is 1.95 bits per heavy atom. The molecule has 3 rings (SSSR count). The maximum Gasteiger partial charge on any atom is 0.294 e. The minimum Gasteiger partial charge on any atom is -0.300 e. The minimum absolute atomic E-state index is 0.0666. The third-order valence-electron chi connectivity index (χ3n) is 4.38. The van der Waals surface area contributed by atoms with Crippen LogP contribution in [0.25, 0.3) is 0 Å². The smallest absolute Gasteiger partial charge is 0.294 e. The fourth-order valence-electron chi connectivity index (χ4n) is 3.09. The predicted octanol–water partition coefficient (Wildman–Crippen LogP) is 2.87. The van der Waals surface area contributed by atoms with Crippen LogP contribution in [0.3, 0.4) is 0 Å². The normalized spacial score (nSPS) is 25.9. The van der Waals surface area contributed by atoms with Crippen molar-refractivity contribution in [1.82, 2.24) is 4.90 Å². The zero-order valence-electron chi connectivity index (χ0n) is 12.1. The Morgan fingerprint density at radius 2 is 1.55 bits per heavy atom. The van der Waals surface area contributed by atoms with E-state index in [0.29, 0.717) is 0 Å². The van der Waals surface area contributed by atoms with Gasteiger partial charge in [-0.1, -0.05) is 24.1 Å². The van der Waals surface area contributed by atoms with Gasteiger partial charge in [-0.05, 0) is 51.8 Å². The zero-order chi connectivity index (χ0) is 14.8. The van der Waals surface area contributed by atoms with Crippen molar-refractivity contribution in [3.05, 3.63) is 29.8 Å². The molecule has 0 saturated carbocycles. The molecule has 0 aliphatic carbocycles. The average molecular weight is 297 g/mol. The summed E-state index contributed by atoms with van der Waals surface area (Å²) in [6.45, 7) is 1.84. The first kappa shape index (κ1) is 15.5. The fraction of sp³-hybridized carbons (Fsp3) is 0.600. The molecule has 2 bridgehead atoms. The monoisotopic (exact) mass is 297 g/mol. The first-order valence-corrected chi connectivity index (χ1v) is 8.58. The maximum absolute atomic E-state index is 10.5. The highest BCUT2D eigenvalue weighted by atomic mass is 32.2. The Bertz CT molecular complexity index is 523. The third-order valence-corrected chi connectivity index (χ3v) is 5.25. The summed E-state index contributed by atoms with van der Waals surface area (Å²) in [5.41, 5.74) is 0.956. The van der Waals surface area contributed by atoms with E-state index in [4.69, 9.17) is 4.55 Å². The van der Waals surface area contributed by atoms with Gasteiger partial charge >= 0.3 is 0 Å². The molecular formula is C15H23NO3S. The van der Waals surface area contributed by atoms with E-state index >= 15 is 0 Å². The van der Waals surface area contributed by atoms with Gasteiger partial charge in [-0.25, -0.2) is 0 Å². The van der Waals surface area contributed by atoms with Crippen LogP contribution in [-0.2, 0) is 10.1 Å². The molecule has 0 amide bonds. The average Bonchev–Trinajstić information content (AvgIpc) is 2.62. The van der Waals surface area contributed by atoms with Crippen LogP contribution in [0.1, 0.15) is 37.7 Å². The first-order valence-electron chi connectivity index (χ1n) is 7.14. The summed E-state index contributed by atoms with van der Waals surface area (Å²) >= 11 is 0. The molecular weight excluding hydrogens is 274 g/mol. The molecule has 2 aliphatic heterocycles. The van der Waals surface area contributed by atoms with E-state index in [2.05, 4.69) is 11.9 Å². The lowest BCUT2D eigenvalue weighted by Crippen LogP contribution is -2.35. The molecule has 2 fully saturated rings. The van der Waals surface area contributed by atoms with Crippen LogP contribution in [0, 0.1) is 6.92 Å². The van der Waals surface area contributed by atoms with E-state index in [-0.39, 0.29) is 4.90 Å². The number of hydrogen-bond donors (Lipinski definition) is 1. The highest BCUT2D eigenvalue weighted by Gasteiger charge is 2.33. The van der Waals surface area contributed by atoms with Crippen molar-refractivity contribution < 1.29 is 13.0 Å². The molecule has 2 atom stereocenters. The van der Waals surface area contributed by atoms with Gasteiger partial charge in [0, 0.05) is 12.1 Å². The molecule has 2 aliphatic rings. The van der Waals surface area contributed by atoms with E-state index in [1.165, 1.54) is 44.2 Å². The Balaban J connectivity index is 0.000000149. The Morgan fingerprint density at radius 1 is 1.05 bits per heavy atom. The summed E-state index contributed by atoms with van der Waals surface area (Å²) in [4.78, 5) is 2.52. The SMILES string of the molecule is CN1C2CCCC1CC2.Cc1ccc(S(=O)(=O)O)cc1. The van der Waals surface area contributed by atoms with Crippen molar-refractivity contribution in [3.8, 4) is 0 Å². The largest absolute Gasteiger partial charge is 0.300 e. The number of nitrogens with zero attached hydrogens (tertiary/aromatic N) is 1. The molecule has 4 nitrogen and oxygen atoms in total. The van der Waals surface area contributed by atoms with Crippen LogP contribution in [-0.4, -0.2) is 37.0 Å². The van der Waals surface area contributed by atoms with Crippen LogP contribution in [0.15, 0.2) is 29.2 Å². The number of hydrogen-bond acceptors (Lipinski definition) is 3. The Kier molecular flexibility index (Phi) is 4.83. The quantitative estimate of drug-likeness (QED) is 0.810. The zero-order valence-corrected chi connectivity index (χ0v) is 12.9. The van der Waals surface area contributed by atoms with Gasteiger partial charge in [-0.15, -0.1) is 0 Å². The summed E-state index contributed by atoms with van der Waals surface area (Å²) in [5, 5.41) is 0. The van der Waals surface area contributed by atoms with E-state index in [9.17, 15) is 8.42 Å². The lowest BCUT2D eigenvalue weighted by molar-refractivity contribution is 0.179. The molecule has 0 radical (unpaired) electrons. The second kappa shape index (κ2) is 6.24. The topological polar surface area (TPSA) is 57.6 Å². The fourth-order valence-corrected chi connectivity index (χ4v) is 3.57.